The van der Waals surface area contributed by atoms with Crippen molar-refractivity contribution in [1.29, 1.82) is 0 Å². The van der Waals surface area contributed by atoms with Gasteiger partial charge in [0.05, 0.1) is 10.6 Å². The molecule has 0 aliphatic heterocycles. The van der Waals surface area contributed by atoms with Crippen LogP contribution in [-0.4, -0.2) is 12.5 Å². The van der Waals surface area contributed by atoms with Crippen LogP contribution in [0, 0.1) is 0 Å². The molecule has 76 valence electrons. The van der Waals surface area contributed by atoms with Gasteiger partial charge in [-0.05, 0) is 24.6 Å². The number of carbonyl (C=O) groups is 1. The van der Waals surface area contributed by atoms with Crippen LogP contribution in [0.5, 0.6) is 0 Å². The number of hydrogen-bond acceptors (Lipinski definition) is 2. The highest BCUT2D eigenvalue weighted by atomic mass is 35.5. The summed E-state index contributed by atoms with van der Waals surface area (Å²) in [6.07, 6.45) is 0.901. The molecule has 1 aromatic rings. The van der Waals surface area contributed by atoms with Gasteiger partial charge < -0.3 is 11.1 Å². The highest BCUT2D eigenvalue weighted by molar-refractivity contribution is 6.34. The van der Waals surface area contributed by atoms with Crippen molar-refractivity contribution in [2.45, 2.75) is 13.3 Å². The smallest absolute Gasteiger partial charge is 0.252 e. The van der Waals surface area contributed by atoms with Crippen molar-refractivity contribution in [3.8, 4) is 0 Å². The van der Waals surface area contributed by atoms with Crippen molar-refractivity contribution in [2.75, 3.05) is 12.3 Å². The Morgan fingerprint density at radius 3 is 2.86 bits per heavy atom. The van der Waals surface area contributed by atoms with Crippen molar-refractivity contribution in [3.05, 3.63) is 28.8 Å². The molecule has 0 aliphatic rings. The van der Waals surface area contributed by atoms with Crippen molar-refractivity contribution < 1.29 is 4.79 Å². The van der Waals surface area contributed by atoms with Gasteiger partial charge in [0.15, 0.2) is 0 Å². The Balaban J connectivity index is 2.80. The Morgan fingerprint density at radius 2 is 2.29 bits per heavy atom. The minimum Gasteiger partial charge on any atom is -0.399 e. The number of nitrogens with two attached hydrogens (primary N) is 1. The number of rotatable bonds is 3. The maximum atomic E-state index is 11.5. The van der Waals surface area contributed by atoms with Crippen LogP contribution in [0.25, 0.3) is 0 Å². The fraction of sp³-hybridized carbons (Fsp3) is 0.300. The van der Waals surface area contributed by atoms with E-state index in [0.29, 0.717) is 22.8 Å². The van der Waals surface area contributed by atoms with Gasteiger partial charge in [-0.15, -0.1) is 0 Å². The molecule has 0 unspecified atom stereocenters. The van der Waals surface area contributed by atoms with Crippen LogP contribution < -0.4 is 11.1 Å². The van der Waals surface area contributed by atoms with Gasteiger partial charge in [0.25, 0.3) is 5.91 Å². The Bertz CT molecular complexity index is 339. The second-order valence-electron chi connectivity index (χ2n) is 3.00. The number of nitrogen functional groups attached to an aromatic ring is 1. The topological polar surface area (TPSA) is 55.1 Å². The van der Waals surface area contributed by atoms with Gasteiger partial charge in [0, 0.05) is 12.2 Å². The number of halogens is 1. The summed E-state index contributed by atoms with van der Waals surface area (Å²) in [5, 5.41) is 3.13. The third kappa shape index (κ3) is 2.64. The highest BCUT2D eigenvalue weighted by Gasteiger charge is 2.08. The predicted molar refractivity (Wildman–Crippen MR) is 58.5 cm³/mol. The molecule has 0 fully saturated rings. The minimum absolute atomic E-state index is 0.156. The van der Waals surface area contributed by atoms with E-state index in [9.17, 15) is 4.79 Å². The molecular weight excluding hydrogens is 200 g/mol. The zero-order valence-corrected chi connectivity index (χ0v) is 8.77. The first kappa shape index (κ1) is 10.9. The number of anilines is 1. The molecule has 0 atom stereocenters. The van der Waals surface area contributed by atoms with E-state index in [4.69, 9.17) is 17.3 Å². The van der Waals surface area contributed by atoms with Gasteiger partial charge in [0.1, 0.15) is 0 Å². The van der Waals surface area contributed by atoms with Crippen LogP contribution in [0.4, 0.5) is 5.69 Å². The number of amides is 1. The van der Waals surface area contributed by atoms with Crippen LogP contribution >= 0.6 is 11.6 Å². The van der Waals surface area contributed by atoms with Gasteiger partial charge >= 0.3 is 0 Å². The predicted octanol–water partition coefficient (Wildman–Crippen LogP) is 2.06. The third-order valence-corrected chi connectivity index (χ3v) is 2.09. The fourth-order valence-corrected chi connectivity index (χ4v) is 1.32. The largest absolute Gasteiger partial charge is 0.399 e. The Kier molecular flexibility index (Phi) is 3.77. The lowest BCUT2D eigenvalue weighted by Crippen LogP contribution is -2.24. The monoisotopic (exact) mass is 212 g/mol. The highest BCUT2D eigenvalue weighted by Crippen LogP contribution is 2.18. The second-order valence-corrected chi connectivity index (χ2v) is 3.40. The molecule has 14 heavy (non-hydrogen) atoms. The van der Waals surface area contributed by atoms with E-state index in [1.165, 1.54) is 0 Å². The lowest BCUT2D eigenvalue weighted by atomic mass is 10.2. The van der Waals surface area contributed by atoms with Gasteiger partial charge in [0.2, 0.25) is 0 Å². The van der Waals surface area contributed by atoms with E-state index in [0.717, 1.165) is 6.42 Å². The fourth-order valence-electron chi connectivity index (χ4n) is 1.05. The molecule has 0 saturated heterocycles. The standard InChI is InChI=1S/C10H13ClN2O/c1-2-5-13-10(14)8-4-3-7(12)6-9(8)11/h3-4,6H,2,5,12H2,1H3,(H,13,14). The van der Waals surface area contributed by atoms with Crippen LogP contribution in [0.1, 0.15) is 23.7 Å². The molecule has 0 aromatic heterocycles. The van der Waals surface area contributed by atoms with E-state index < -0.39 is 0 Å². The van der Waals surface area contributed by atoms with Gasteiger partial charge in [-0.25, -0.2) is 0 Å². The lowest BCUT2D eigenvalue weighted by Gasteiger charge is -2.05. The molecule has 0 aliphatic carbocycles. The summed E-state index contributed by atoms with van der Waals surface area (Å²) in [4.78, 5) is 11.5. The summed E-state index contributed by atoms with van der Waals surface area (Å²) in [5.74, 6) is -0.156. The molecule has 0 radical (unpaired) electrons. The molecule has 3 nitrogen and oxygen atoms in total. The average Bonchev–Trinajstić information content (AvgIpc) is 2.14. The summed E-state index contributed by atoms with van der Waals surface area (Å²) >= 11 is 5.86. The van der Waals surface area contributed by atoms with E-state index in [2.05, 4.69) is 5.32 Å². The quantitative estimate of drug-likeness (QED) is 0.754. The average molecular weight is 213 g/mol. The van der Waals surface area contributed by atoms with Crippen LogP contribution in [0.15, 0.2) is 18.2 Å². The third-order valence-electron chi connectivity index (χ3n) is 1.77. The van der Waals surface area contributed by atoms with Crippen LogP contribution in [-0.2, 0) is 0 Å². The second kappa shape index (κ2) is 4.86. The van der Waals surface area contributed by atoms with Gasteiger partial charge in [-0.2, -0.15) is 0 Å². The van der Waals surface area contributed by atoms with Crippen molar-refractivity contribution >= 4 is 23.2 Å². The summed E-state index contributed by atoms with van der Waals surface area (Å²) < 4.78 is 0. The summed E-state index contributed by atoms with van der Waals surface area (Å²) in [7, 11) is 0. The van der Waals surface area contributed by atoms with E-state index >= 15 is 0 Å². The molecule has 0 bridgehead atoms. The molecule has 0 spiro atoms. The lowest BCUT2D eigenvalue weighted by molar-refractivity contribution is 0.0954. The number of hydrogen-bond donors (Lipinski definition) is 2. The van der Waals surface area contributed by atoms with E-state index in [-0.39, 0.29) is 5.91 Å². The normalized spacial score (nSPS) is 9.86. The first-order valence-corrected chi connectivity index (χ1v) is 4.86. The van der Waals surface area contributed by atoms with Crippen molar-refractivity contribution in [3.63, 3.8) is 0 Å². The van der Waals surface area contributed by atoms with Gasteiger partial charge in [-0.3, -0.25) is 4.79 Å². The Morgan fingerprint density at radius 1 is 1.57 bits per heavy atom. The van der Waals surface area contributed by atoms with Crippen LogP contribution in [0.2, 0.25) is 5.02 Å². The minimum atomic E-state index is -0.156. The summed E-state index contributed by atoms with van der Waals surface area (Å²) in [6.45, 7) is 2.64. The number of nitrogens with one attached hydrogen (secondary N) is 1. The molecule has 1 amide bonds. The first-order valence-electron chi connectivity index (χ1n) is 4.48. The zero-order chi connectivity index (χ0) is 10.6. The molecule has 1 rings (SSSR count). The molecular formula is C10H13ClN2O. The Labute approximate surface area is 88.2 Å². The molecule has 3 N–H and O–H groups in total. The number of benzene rings is 1. The Hall–Kier alpha value is -1.22. The maximum absolute atomic E-state index is 11.5. The van der Waals surface area contributed by atoms with E-state index in [1.807, 2.05) is 6.92 Å². The maximum Gasteiger partial charge on any atom is 0.252 e. The zero-order valence-electron chi connectivity index (χ0n) is 8.01. The summed E-state index contributed by atoms with van der Waals surface area (Å²) in [5.41, 5.74) is 6.54. The molecule has 4 heteroatoms. The molecule has 0 saturated carbocycles. The van der Waals surface area contributed by atoms with Gasteiger partial charge in [-0.1, -0.05) is 18.5 Å². The SMILES string of the molecule is CCCNC(=O)c1ccc(N)cc1Cl. The molecule has 1 aromatic carbocycles. The van der Waals surface area contributed by atoms with E-state index in [1.54, 1.807) is 18.2 Å². The van der Waals surface area contributed by atoms with Crippen LogP contribution in [0.3, 0.4) is 0 Å². The van der Waals surface area contributed by atoms with Crippen molar-refractivity contribution in [2.24, 2.45) is 0 Å². The number of carbonyl (C=O) groups excluding carboxylic acids is 1. The first-order chi connectivity index (χ1) is 6.65. The molecule has 0 heterocycles. The summed E-state index contributed by atoms with van der Waals surface area (Å²) in [6, 6.07) is 4.86. The van der Waals surface area contributed by atoms with Crippen molar-refractivity contribution in [1.82, 2.24) is 5.32 Å².